The van der Waals surface area contributed by atoms with Crippen LogP contribution in [0.1, 0.15) is 11.3 Å². The van der Waals surface area contributed by atoms with E-state index in [2.05, 4.69) is 26.3 Å². The van der Waals surface area contributed by atoms with Gasteiger partial charge in [-0.1, -0.05) is 47.5 Å². The maximum Gasteiger partial charge on any atom is 0.319 e. The number of ether oxygens (including phenoxy) is 1. The number of hydrogen-bond acceptors (Lipinski definition) is 5. The summed E-state index contributed by atoms with van der Waals surface area (Å²) in [5, 5.41) is 11.8. The summed E-state index contributed by atoms with van der Waals surface area (Å²) < 4.78 is 6.06. The number of carbonyl (C=O) groups excluding carboxylic acids is 3. The van der Waals surface area contributed by atoms with Gasteiger partial charge in [-0.15, -0.1) is 12.4 Å². The van der Waals surface area contributed by atoms with E-state index in [0.29, 0.717) is 33.4 Å². The number of nitrogens with one attached hydrogen (secondary N) is 4. The molecule has 42 heavy (non-hydrogen) atoms. The highest BCUT2D eigenvalue weighted by Crippen LogP contribution is 2.35. The Labute approximate surface area is 259 Å². The van der Waals surface area contributed by atoms with E-state index in [1.54, 1.807) is 43.4 Å². The van der Waals surface area contributed by atoms with E-state index < -0.39 is 18.0 Å². The van der Waals surface area contributed by atoms with Gasteiger partial charge < -0.3 is 30.9 Å². The molecule has 0 aliphatic carbocycles. The van der Waals surface area contributed by atoms with Gasteiger partial charge >= 0.3 is 12.1 Å². The SMILES string of the molecule is CNC(=O)Nc1cccc(NC(=O)NCC(=O)N(C)c2ccc(Cl)c(COc3cccc4ccc(C)nc34)c2Cl)c1.Cl. The quantitative estimate of drug-likeness (QED) is 0.179. The molecule has 0 spiro atoms. The van der Waals surface area contributed by atoms with E-state index in [4.69, 9.17) is 27.9 Å². The molecule has 4 aromatic rings. The number of carbonyl (C=O) groups is 3. The van der Waals surface area contributed by atoms with Crippen molar-refractivity contribution >= 4 is 81.5 Å². The van der Waals surface area contributed by atoms with Crippen LogP contribution in [-0.2, 0) is 11.4 Å². The molecular weight excluding hydrogens is 603 g/mol. The van der Waals surface area contributed by atoms with E-state index in [1.165, 1.54) is 11.9 Å². The van der Waals surface area contributed by atoms with Crippen molar-refractivity contribution in [1.82, 2.24) is 15.6 Å². The number of benzene rings is 3. The fourth-order valence-corrected chi connectivity index (χ4v) is 4.52. The molecule has 0 aliphatic rings. The zero-order valence-corrected chi connectivity index (χ0v) is 25.3. The first-order chi connectivity index (χ1) is 19.7. The first kappa shape index (κ1) is 32.3. The Morgan fingerprint density at radius 1 is 0.929 bits per heavy atom. The lowest BCUT2D eigenvalue weighted by Crippen LogP contribution is -2.40. The molecule has 0 atom stereocenters. The average molecular weight is 632 g/mol. The van der Waals surface area contributed by atoms with Gasteiger partial charge in [0.15, 0.2) is 0 Å². The minimum absolute atomic E-state index is 0. The van der Waals surface area contributed by atoms with Crippen molar-refractivity contribution < 1.29 is 19.1 Å². The monoisotopic (exact) mass is 630 g/mol. The third-order valence-corrected chi connectivity index (χ3v) is 6.88. The molecule has 0 saturated carbocycles. The van der Waals surface area contributed by atoms with Crippen molar-refractivity contribution in [2.45, 2.75) is 13.5 Å². The molecule has 0 unspecified atom stereocenters. The third-order valence-electron chi connectivity index (χ3n) is 6.10. The summed E-state index contributed by atoms with van der Waals surface area (Å²) in [6.45, 7) is 1.66. The highest BCUT2D eigenvalue weighted by atomic mass is 35.5. The zero-order valence-electron chi connectivity index (χ0n) is 23.0. The van der Waals surface area contributed by atoms with Crippen LogP contribution in [0.15, 0.2) is 66.7 Å². The molecule has 0 bridgehead atoms. The summed E-state index contributed by atoms with van der Waals surface area (Å²) >= 11 is 13.1. The van der Waals surface area contributed by atoms with Gasteiger partial charge in [0.05, 0.1) is 17.3 Å². The lowest BCUT2D eigenvalue weighted by Gasteiger charge is -2.21. The summed E-state index contributed by atoms with van der Waals surface area (Å²) in [7, 11) is 3.04. The van der Waals surface area contributed by atoms with Crippen LogP contribution in [0.25, 0.3) is 10.9 Å². The highest BCUT2D eigenvalue weighted by Gasteiger charge is 2.19. The van der Waals surface area contributed by atoms with Crippen LogP contribution >= 0.6 is 35.6 Å². The number of nitrogens with zero attached hydrogens (tertiary/aromatic N) is 2. The Hall–Kier alpha value is -4.25. The van der Waals surface area contributed by atoms with Crippen LogP contribution in [0.5, 0.6) is 5.75 Å². The second kappa shape index (κ2) is 14.6. The van der Waals surface area contributed by atoms with Gasteiger partial charge in [0.25, 0.3) is 0 Å². The van der Waals surface area contributed by atoms with E-state index in [0.717, 1.165) is 16.6 Å². The van der Waals surface area contributed by atoms with Crippen LogP contribution in [0, 0.1) is 6.92 Å². The topological polar surface area (TPSA) is 125 Å². The molecule has 0 saturated heterocycles. The van der Waals surface area contributed by atoms with Crippen molar-refractivity contribution in [3.05, 3.63) is 88.0 Å². The lowest BCUT2D eigenvalue weighted by molar-refractivity contribution is -0.117. The van der Waals surface area contributed by atoms with Gasteiger partial charge in [0, 0.05) is 47.1 Å². The molecule has 0 aliphatic heterocycles. The fourth-order valence-electron chi connectivity index (χ4n) is 3.91. The smallest absolute Gasteiger partial charge is 0.319 e. The predicted molar refractivity (Wildman–Crippen MR) is 169 cm³/mol. The number of aryl methyl sites for hydroxylation is 1. The number of amides is 5. The van der Waals surface area contributed by atoms with Crippen LogP contribution in [0.2, 0.25) is 10.0 Å². The molecule has 220 valence electrons. The number of para-hydroxylation sites is 1. The van der Waals surface area contributed by atoms with Gasteiger partial charge in [-0.3, -0.25) is 4.79 Å². The van der Waals surface area contributed by atoms with Crippen molar-refractivity contribution in [2.75, 3.05) is 36.2 Å². The molecule has 5 amide bonds. The number of likely N-dealkylation sites (N-methyl/N-ethyl adjacent to an activating group) is 1. The summed E-state index contributed by atoms with van der Waals surface area (Å²) in [6, 6.07) is 18.4. The van der Waals surface area contributed by atoms with Crippen molar-refractivity contribution in [1.29, 1.82) is 0 Å². The van der Waals surface area contributed by atoms with Crippen LogP contribution in [-0.4, -0.2) is 43.6 Å². The van der Waals surface area contributed by atoms with Gasteiger partial charge in [-0.05, 0) is 49.4 Å². The molecule has 10 nitrogen and oxygen atoms in total. The number of urea groups is 2. The first-order valence-electron chi connectivity index (χ1n) is 12.5. The van der Waals surface area contributed by atoms with E-state index >= 15 is 0 Å². The number of pyridine rings is 1. The molecule has 3 aromatic carbocycles. The molecule has 13 heteroatoms. The van der Waals surface area contributed by atoms with Gasteiger partial charge in [-0.2, -0.15) is 0 Å². The lowest BCUT2D eigenvalue weighted by atomic mass is 10.1. The highest BCUT2D eigenvalue weighted by molar-refractivity contribution is 6.38. The van der Waals surface area contributed by atoms with Crippen LogP contribution in [0.3, 0.4) is 0 Å². The maximum absolute atomic E-state index is 12.9. The molecule has 0 fully saturated rings. The van der Waals surface area contributed by atoms with Gasteiger partial charge in [-0.25, -0.2) is 14.6 Å². The number of halogens is 3. The van der Waals surface area contributed by atoms with E-state index in [1.807, 2.05) is 37.3 Å². The normalized spacial score (nSPS) is 10.3. The molecular formula is C29H29Cl3N6O4. The van der Waals surface area contributed by atoms with Crippen molar-refractivity contribution in [3.8, 4) is 5.75 Å². The summed E-state index contributed by atoms with van der Waals surface area (Å²) in [5.74, 6) is 0.165. The minimum Gasteiger partial charge on any atom is -0.487 e. The predicted octanol–water partition coefficient (Wildman–Crippen LogP) is 6.39. The largest absolute Gasteiger partial charge is 0.487 e. The van der Waals surface area contributed by atoms with E-state index in [9.17, 15) is 14.4 Å². The van der Waals surface area contributed by atoms with Crippen LogP contribution < -0.4 is 30.9 Å². The Balaban J connectivity index is 0.00000484. The van der Waals surface area contributed by atoms with Crippen molar-refractivity contribution in [2.24, 2.45) is 0 Å². The number of hydrogen-bond donors (Lipinski definition) is 4. The molecule has 4 rings (SSSR count). The Morgan fingerprint density at radius 2 is 1.62 bits per heavy atom. The second-order valence-corrected chi connectivity index (χ2v) is 9.76. The summed E-state index contributed by atoms with van der Waals surface area (Å²) in [5.41, 5.74) is 3.41. The molecule has 4 N–H and O–H groups in total. The van der Waals surface area contributed by atoms with Crippen LogP contribution in [0.4, 0.5) is 26.7 Å². The first-order valence-corrected chi connectivity index (χ1v) is 13.3. The zero-order chi connectivity index (χ0) is 29.5. The van der Waals surface area contributed by atoms with Gasteiger partial charge in [0.2, 0.25) is 5.91 Å². The Kier molecular flexibility index (Phi) is 11.2. The minimum atomic E-state index is -0.598. The number of rotatable bonds is 8. The Morgan fingerprint density at radius 3 is 2.33 bits per heavy atom. The van der Waals surface area contributed by atoms with E-state index in [-0.39, 0.29) is 30.6 Å². The van der Waals surface area contributed by atoms with Crippen molar-refractivity contribution in [3.63, 3.8) is 0 Å². The number of aromatic nitrogens is 1. The maximum atomic E-state index is 12.9. The standard InChI is InChI=1S/C29H28Cl2N6O4.ClH/c1-17-10-11-18-6-4-9-24(27(18)34-17)41-16-21-22(30)12-13-23(26(21)31)37(3)25(38)15-33-29(40)36-20-8-5-7-19(14-20)35-28(39)32-2;/h4-14H,15-16H2,1-3H3,(H2,32,35,39)(H2,33,36,40);1H. The fraction of sp³-hybridized carbons (Fsp3) is 0.172. The number of anilines is 3. The molecule has 1 heterocycles. The third kappa shape index (κ3) is 7.94. The molecule has 0 radical (unpaired) electrons. The Bertz CT molecular complexity index is 1620. The van der Waals surface area contributed by atoms with Gasteiger partial charge in [0.1, 0.15) is 17.9 Å². The molecule has 1 aromatic heterocycles. The average Bonchev–Trinajstić information content (AvgIpc) is 2.95. The summed E-state index contributed by atoms with van der Waals surface area (Å²) in [4.78, 5) is 42.7. The number of fused-ring (bicyclic) bond motifs is 1. The summed E-state index contributed by atoms with van der Waals surface area (Å²) in [6.07, 6.45) is 0. The second-order valence-electron chi connectivity index (χ2n) is 8.97.